The second kappa shape index (κ2) is 8.61. The zero-order valence-electron chi connectivity index (χ0n) is 21.9. The van der Waals surface area contributed by atoms with Crippen molar-refractivity contribution in [1.29, 1.82) is 0 Å². The highest BCUT2D eigenvalue weighted by Gasteiger charge is 2.48. The quantitative estimate of drug-likeness (QED) is 0.225. The predicted octanol–water partition coefficient (Wildman–Crippen LogP) is 8.76. The minimum Gasteiger partial charge on any atom is -0.295 e. The molecule has 0 spiro atoms. The molecule has 6 aromatic carbocycles. The molecular formula is C37H26O2. The first-order chi connectivity index (χ1) is 19.0. The van der Waals surface area contributed by atoms with Crippen LogP contribution in [-0.4, -0.2) is 11.6 Å². The standard InChI is InChI=1S/C37H26O2/c1-23(38)25-11-17-29(18-12-25)37(30-19-13-26(14-20-30)24(2)39)35-31-9-5-3-7-27(31)15-21-33(35)34-22-16-28-8-4-6-10-32(28)36(34)37/h3-22H,1-2H3. The van der Waals surface area contributed by atoms with Crippen LogP contribution in [0.2, 0.25) is 0 Å². The van der Waals surface area contributed by atoms with Crippen molar-refractivity contribution in [2.45, 2.75) is 19.3 Å². The van der Waals surface area contributed by atoms with Crippen molar-refractivity contribution in [2.24, 2.45) is 0 Å². The van der Waals surface area contributed by atoms with Gasteiger partial charge in [0.1, 0.15) is 0 Å². The van der Waals surface area contributed by atoms with Gasteiger partial charge in [-0.25, -0.2) is 0 Å². The molecule has 1 aliphatic carbocycles. The Bertz CT molecular complexity index is 1800. The van der Waals surface area contributed by atoms with Gasteiger partial charge < -0.3 is 0 Å². The van der Waals surface area contributed by atoms with Crippen molar-refractivity contribution in [3.05, 3.63) is 155 Å². The van der Waals surface area contributed by atoms with E-state index in [9.17, 15) is 9.59 Å². The average Bonchev–Trinajstić information content (AvgIpc) is 3.29. The molecule has 0 amide bonds. The molecule has 0 fully saturated rings. The van der Waals surface area contributed by atoms with Crippen LogP contribution in [0.25, 0.3) is 32.7 Å². The Labute approximate surface area is 227 Å². The zero-order valence-corrected chi connectivity index (χ0v) is 21.9. The second-order valence-electron chi connectivity index (χ2n) is 10.4. The lowest BCUT2D eigenvalue weighted by atomic mass is 9.65. The van der Waals surface area contributed by atoms with Gasteiger partial charge in [-0.05, 0) is 68.8 Å². The maximum Gasteiger partial charge on any atom is 0.159 e. The highest BCUT2D eigenvalue weighted by atomic mass is 16.1. The van der Waals surface area contributed by atoms with E-state index in [4.69, 9.17) is 0 Å². The maximum atomic E-state index is 12.2. The lowest BCUT2D eigenvalue weighted by Crippen LogP contribution is -2.29. The highest BCUT2D eigenvalue weighted by Crippen LogP contribution is 2.59. The van der Waals surface area contributed by atoms with E-state index in [0.717, 1.165) is 11.1 Å². The smallest absolute Gasteiger partial charge is 0.159 e. The van der Waals surface area contributed by atoms with Crippen LogP contribution in [0.15, 0.2) is 121 Å². The fraction of sp³-hybridized carbons (Fsp3) is 0.0811. The summed E-state index contributed by atoms with van der Waals surface area (Å²) in [5, 5.41) is 4.75. The van der Waals surface area contributed by atoms with Crippen molar-refractivity contribution >= 4 is 33.1 Å². The number of carbonyl (C=O) groups is 2. The molecule has 0 aromatic heterocycles. The van der Waals surface area contributed by atoms with Crippen LogP contribution in [0.5, 0.6) is 0 Å². The van der Waals surface area contributed by atoms with E-state index in [2.05, 4.69) is 97.1 Å². The molecule has 0 saturated heterocycles. The van der Waals surface area contributed by atoms with E-state index in [1.807, 2.05) is 24.3 Å². The van der Waals surface area contributed by atoms with Gasteiger partial charge in [-0.2, -0.15) is 0 Å². The molecule has 186 valence electrons. The van der Waals surface area contributed by atoms with Crippen LogP contribution in [0, 0.1) is 0 Å². The van der Waals surface area contributed by atoms with Gasteiger partial charge in [-0.1, -0.05) is 121 Å². The Morgan fingerprint density at radius 2 is 0.846 bits per heavy atom. The Morgan fingerprint density at radius 3 is 1.23 bits per heavy atom. The van der Waals surface area contributed by atoms with Gasteiger partial charge in [-0.15, -0.1) is 0 Å². The van der Waals surface area contributed by atoms with Gasteiger partial charge in [-0.3, -0.25) is 9.59 Å². The average molecular weight is 503 g/mol. The number of hydrogen-bond donors (Lipinski definition) is 0. The van der Waals surface area contributed by atoms with Crippen LogP contribution in [-0.2, 0) is 5.41 Å². The van der Waals surface area contributed by atoms with E-state index < -0.39 is 5.41 Å². The van der Waals surface area contributed by atoms with Gasteiger partial charge in [0.2, 0.25) is 0 Å². The first-order valence-electron chi connectivity index (χ1n) is 13.3. The summed E-state index contributed by atoms with van der Waals surface area (Å²) in [7, 11) is 0. The number of benzene rings is 6. The van der Waals surface area contributed by atoms with Gasteiger partial charge in [0.05, 0.1) is 5.41 Å². The van der Waals surface area contributed by atoms with Crippen molar-refractivity contribution in [1.82, 2.24) is 0 Å². The van der Waals surface area contributed by atoms with E-state index in [-0.39, 0.29) is 11.6 Å². The molecule has 0 N–H and O–H groups in total. The minimum absolute atomic E-state index is 0.0459. The lowest BCUT2D eigenvalue weighted by Gasteiger charge is -2.35. The van der Waals surface area contributed by atoms with Crippen LogP contribution in [0.3, 0.4) is 0 Å². The molecule has 2 nitrogen and oxygen atoms in total. The summed E-state index contributed by atoms with van der Waals surface area (Å²) in [6, 6.07) is 42.2. The van der Waals surface area contributed by atoms with E-state index in [0.29, 0.717) is 11.1 Å². The summed E-state index contributed by atoms with van der Waals surface area (Å²) in [6.45, 7) is 3.21. The maximum absolute atomic E-state index is 12.2. The normalized spacial score (nSPS) is 13.3. The second-order valence-corrected chi connectivity index (χ2v) is 10.4. The molecule has 7 rings (SSSR count). The van der Waals surface area contributed by atoms with Gasteiger partial charge in [0, 0.05) is 11.1 Å². The van der Waals surface area contributed by atoms with E-state index in [1.54, 1.807) is 13.8 Å². The van der Waals surface area contributed by atoms with Crippen molar-refractivity contribution in [3.8, 4) is 11.1 Å². The lowest BCUT2D eigenvalue weighted by molar-refractivity contribution is 0.100. The number of ketones is 2. The number of carbonyl (C=O) groups excluding carboxylic acids is 2. The van der Waals surface area contributed by atoms with Crippen LogP contribution in [0.4, 0.5) is 0 Å². The Morgan fingerprint density at radius 1 is 0.462 bits per heavy atom. The van der Waals surface area contributed by atoms with Crippen molar-refractivity contribution in [3.63, 3.8) is 0 Å². The van der Waals surface area contributed by atoms with E-state index >= 15 is 0 Å². The predicted molar refractivity (Wildman–Crippen MR) is 159 cm³/mol. The fourth-order valence-corrected chi connectivity index (χ4v) is 6.58. The summed E-state index contributed by atoms with van der Waals surface area (Å²) in [4.78, 5) is 24.5. The molecule has 39 heavy (non-hydrogen) atoms. The van der Waals surface area contributed by atoms with Crippen LogP contribution >= 0.6 is 0 Å². The molecule has 0 unspecified atom stereocenters. The topological polar surface area (TPSA) is 34.1 Å². The van der Waals surface area contributed by atoms with Gasteiger partial charge in [0.15, 0.2) is 11.6 Å². The number of rotatable bonds is 4. The number of fused-ring (bicyclic) bond motifs is 7. The van der Waals surface area contributed by atoms with Gasteiger partial charge >= 0.3 is 0 Å². The third kappa shape index (κ3) is 3.28. The minimum atomic E-state index is -0.656. The number of Topliss-reactive ketones (excluding diaryl/α,β-unsaturated/α-hetero) is 2. The highest BCUT2D eigenvalue weighted by molar-refractivity contribution is 6.06. The first kappa shape index (κ1) is 23.3. The Kier molecular flexibility index (Phi) is 5.14. The molecule has 0 saturated carbocycles. The fourth-order valence-electron chi connectivity index (χ4n) is 6.58. The van der Waals surface area contributed by atoms with Crippen molar-refractivity contribution < 1.29 is 9.59 Å². The monoisotopic (exact) mass is 502 g/mol. The molecule has 0 bridgehead atoms. The van der Waals surface area contributed by atoms with Crippen molar-refractivity contribution in [2.75, 3.05) is 0 Å². The zero-order chi connectivity index (χ0) is 26.7. The van der Waals surface area contributed by atoms with Gasteiger partial charge in [0.25, 0.3) is 0 Å². The van der Waals surface area contributed by atoms with Crippen LogP contribution in [0.1, 0.15) is 56.8 Å². The Balaban J connectivity index is 1.71. The summed E-state index contributed by atoms with van der Waals surface area (Å²) < 4.78 is 0. The largest absolute Gasteiger partial charge is 0.295 e. The molecule has 0 atom stereocenters. The summed E-state index contributed by atoms with van der Waals surface area (Å²) in [5.74, 6) is 0.0917. The Hall–Kier alpha value is -4.82. The molecule has 0 radical (unpaired) electrons. The molecule has 6 aromatic rings. The van der Waals surface area contributed by atoms with Crippen LogP contribution < -0.4 is 0 Å². The SMILES string of the molecule is CC(=O)c1ccc(C2(c3ccc(C(C)=O)cc3)c3c(ccc4ccccc34)-c3ccc4ccccc4c32)cc1. The summed E-state index contributed by atoms with van der Waals surface area (Å²) in [5.41, 5.74) is 7.80. The summed E-state index contributed by atoms with van der Waals surface area (Å²) in [6.07, 6.45) is 0. The third-order valence-corrected chi connectivity index (χ3v) is 8.35. The van der Waals surface area contributed by atoms with E-state index in [1.165, 1.54) is 43.8 Å². The third-order valence-electron chi connectivity index (χ3n) is 8.35. The molecule has 2 heteroatoms. The molecule has 0 aliphatic heterocycles. The summed E-state index contributed by atoms with van der Waals surface area (Å²) >= 11 is 0. The molecule has 0 heterocycles. The molecule has 1 aliphatic rings. The first-order valence-corrected chi connectivity index (χ1v) is 13.3. The number of hydrogen-bond acceptors (Lipinski definition) is 2. The molecular weight excluding hydrogens is 476 g/mol.